The van der Waals surface area contributed by atoms with Crippen molar-refractivity contribution in [2.24, 2.45) is 5.73 Å². The maximum absolute atomic E-state index is 5.45. The molecule has 1 nitrogen and oxygen atoms in total. The molecule has 0 aliphatic heterocycles. The van der Waals surface area contributed by atoms with Crippen LogP contribution in [0.25, 0.3) is 0 Å². The Balaban J connectivity index is 3.20. The monoisotopic (exact) mass is 249 g/mol. The van der Waals surface area contributed by atoms with Crippen molar-refractivity contribution in [2.75, 3.05) is 6.54 Å². The van der Waals surface area contributed by atoms with Gasteiger partial charge in [-0.2, -0.15) is 0 Å². The van der Waals surface area contributed by atoms with Crippen LogP contribution in [-0.4, -0.2) is 6.54 Å². The first-order valence-corrected chi connectivity index (χ1v) is 7.56. The Labute approximate surface area is 114 Å². The smallest absolute Gasteiger partial charge is 0.00773 e. The number of nitrogens with two attached hydrogens (primary N) is 1. The van der Waals surface area contributed by atoms with Crippen molar-refractivity contribution in [2.45, 2.75) is 64.7 Å². The Bertz CT molecular complexity index is 226. The van der Waals surface area contributed by atoms with Gasteiger partial charge in [-0.3, -0.25) is 0 Å². The third kappa shape index (κ3) is 15.2. The number of unbranched alkanes of at least 4 members (excludes halogenated alkanes) is 5. The lowest BCUT2D eigenvalue weighted by molar-refractivity contribution is 0.622. The minimum atomic E-state index is 0.847. The van der Waals surface area contributed by atoms with E-state index >= 15 is 0 Å². The van der Waals surface area contributed by atoms with E-state index in [-0.39, 0.29) is 0 Å². The Morgan fingerprint density at radius 1 is 0.667 bits per heavy atom. The molecule has 0 aromatic heterocycles. The summed E-state index contributed by atoms with van der Waals surface area (Å²) >= 11 is 0. The quantitative estimate of drug-likeness (QED) is 0.376. The van der Waals surface area contributed by atoms with Gasteiger partial charge in [-0.1, -0.05) is 62.6 Å². The fourth-order valence-electron chi connectivity index (χ4n) is 1.76. The van der Waals surface area contributed by atoms with E-state index in [4.69, 9.17) is 5.73 Å². The maximum atomic E-state index is 5.45. The zero-order valence-electron chi connectivity index (χ0n) is 12.1. The normalized spacial score (nSPS) is 12.3. The maximum Gasteiger partial charge on any atom is -0.00773 e. The van der Waals surface area contributed by atoms with E-state index in [1.807, 2.05) is 0 Å². The second-order valence-electron chi connectivity index (χ2n) is 4.64. The van der Waals surface area contributed by atoms with Crippen LogP contribution in [0.15, 0.2) is 36.5 Å². The minimum Gasteiger partial charge on any atom is -0.330 e. The Hall–Kier alpha value is -0.820. The van der Waals surface area contributed by atoms with E-state index in [2.05, 4.69) is 43.4 Å². The first kappa shape index (κ1) is 17.2. The van der Waals surface area contributed by atoms with Crippen molar-refractivity contribution >= 4 is 0 Å². The second kappa shape index (κ2) is 16.2. The molecule has 0 spiro atoms. The summed E-state index contributed by atoms with van der Waals surface area (Å²) in [5, 5.41) is 0. The molecule has 0 fully saturated rings. The average Bonchev–Trinajstić information content (AvgIpc) is 2.39. The van der Waals surface area contributed by atoms with Gasteiger partial charge in [-0.25, -0.2) is 0 Å². The number of hydrogen-bond donors (Lipinski definition) is 1. The largest absolute Gasteiger partial charge is 0.330 e. The van der Waals surface area contributed by atoms with Crippen molar-refractivity contribution in [3.05, 3.63) is 36.5 Å². The second-order valence-corrected chi connectivity index (χ2v) is 4.64. The van der Waals surface area contributed by atoms with Gasteiger partial charge in [-0.15, -0.1) is 0 Å². The van der Waals surface area contributed by atoms with Crippen LogP contribution in [0.5, 0.6) is 0 Å². The highest BCUT2D eigenvalue weighted by Crippen LogP contribution is 2.05. The van der Waals surface area contributed by atoms with E-state index in [9.17, 15) is 0 Å². The zero-order valence-corrected chi connectivity index (χ0v) is 12.1. The summed E-state index contributed by atoms with van der Waals surface area (Å²) in [6, 6.07) is 0. The highest BCUT2D eigenvalue weighted by molar-refractivity contribution is 4.96. The van der Waals surface area contributed by atoms with E-state index < -0.39 is 0 Å². The van der Waals surface area contributed by atoms with Crippen molar-refractivity contribution < 1.29 is 0 Å². The molecule has 0 saturated heterocycles. The van der Waals surface area contributed by atoms with Crippen LogP contribution in [0.1, 0.15) is 64.7 Å². The predicted molar refractivity (Wildman–Crippen MR) is 83.7 cm³/mol. The molecule has 0 aliphatic rings. The van der Waals surface area contributed by atoms with Gasteiger partial charge in [0.2, 0.25) is 0 Å². The Morgan fingerprint density at radius 2 is 1.22 bits per heavy atom. The molecule has 0 atom stereocenters. The molecular weight excluding hydrogens is 218 g/mol. The Morgan fingerprint density at radius 3 is 1.89 bits per heavy atom. The van der Waals surface area contributed by atoms with Gasteiger partial charge in [0.05, 0.1) is 0 Å². The summed E-state index contributed by atoms with van der Waals surface area (Å²) in [5.41, 5.74) is 5.45. The highest BCUT2D eigenvalue weighted by atomic mass is 14.5. The molecule has 0 aromatic rings. The summed E-state index contributed by atoms with van der Waals surface area (Å²) in [4.78, 5) is 0. The fraction of sp³-hybridized carbons (Fsp3) is 0.647. The van der Waals surface area contributed by atoms with Crippen molar-refractivity contribution in [3.63, 3.8) is 0 Å². The van der Waals surface area contributed by atoms with Crippen molar-refractivity contribution in [3.8, 4) is 0 Å². The average molecular weight is 249 g/mol. The molecule has 2 N–H and O–H groups in total. The lowest BCUT2D eigenvalue weighted by atomic mass is 10.1. The molecule has 0 radical (unpaired) electrons. The molecule has 0 unspecified atom stereocenters. The summed E-state index contributed by atoms with van der Waals surface area (Å²) in [7, 11) is 0. The third-order valence-corrected chi connectivity index (χ3v) is 2.85. The molecule has 0 saturated carbocycles. The van der Waals surface area contributed by atoms with Gasteiger partial charge in [0.25, 0.3) is 0 Å². The van der Waals surface area contributed by atoms with Crippen molar-refractivity contribution in [1.82, 2.24) is 0 Å². The molecule has 18 heavy (non-hydrogen) atoms. The molecule has 0 bridgehead atoms. The first-order chi connectivity index (χ1) is 8.91. The van der Waals surface area contributed by atoms with Gasteiger partial charge in [0.1, 0.15) is 0 Å². The van der Waals surface area contributed by atoms with Crippen LogP contribution in [-0.2, 0) is 0 Å². The Kier molecular flexibility index (Phi) is 15.4. The molecule has 0 rings (SSSR count). The fourth-order valence-corrected chi connectivity index (χ4v) is 1.76. The van der Waals surface area contributed by atoms with Gasteiger partial charge < -0.3 is 5.73 Å². The highest BCUT2D eigenvalue weighted by Gasteiger charge is 1.87. The van der Waals surface area contributed by atoms with Gasteiger partial charge in [0.15, 0.2) is 0 Å². The molecule has 0 aromatic carbocycles. The number of rotatable bonds is 12. The predicted octanol–water partition coefficient (Wildman–Crippen LogP) is 5.14. The van der Waals surface area contributed by atoms with Crippen LogP contribution < -0.4 is 5.73 Å². The summed E-state index contributed by atoms with van der Waals surface area (Å²) in [6.07, 6.45) is 24.5. The molecule has 0 amide bonds. The van der Waals surface area contributed by atoms with Gasteiger partial charge in [-0.05, 0) is 45.1 Å². The van der Waals surface area contributed by atoms with E-state index in [0.717, 1.165) is 25.8 Å². The molecule has 1 heteroatoms. The summed E-state index contributed by atoms with van der Waals surface area (Å²) < 4.78 is 0. The van der Waals surface area contributed by atoms with Crippen LogP contribution in [0.4, 0.5) is 0 Å². The van der Waals surface area contributed by atoms with Crippen LogP contribution >= 0.6 is 0 Å². The SMILES string of the molecule is CC/C=C\C/C=C\C/C=C\CCCCCCCN. The summed E-state index contributed by atoms with van der Waals surface area (Å²) in [5.74, 6) is 0. The van der Waals surface area contributed by atoms with Gasteiger partial charge >= 0.3 is 0 Å². The molecule has 104 valence electrons. The van der Waals surface area contributed by atoms with E-state index in [1.54, 1.807) is 0 Å². The van der Waals surface area contributed by atoms with Gasteiger partial charge in [0, 0.05) is 0 Å². The lowest BCUT2D eigenvalue weighted by Crippen LogP contribution is -1.97. The first-order valence-electron chi connectivity index (χ1n) is 7.56. The number of allylic oxidation sites excluding steroid dienone is 6. The number of hydrogen-bond acceptors (Lipinski definition) is 1. The van der Waals surface area contributed by atoms with Crippen LogP contribution in [0.3, 0.4) is 0 Å². The molecule has 0 aliphatic carbocycles. The zero-order chi connectivity index (χ0) is 13.3. The standard InChI is InChI=1S/C17H31N/c1-2-3-4-5-6-7-8-9-10-11-12-13-14-15-16-17-18/h3-4,6-7,9-10H,2,5,8,11-18H2,1H3/b4-3-,7-6-,10-9-. The topological polar surface area (TPSA) is 26.0 Å². The minimum absolute atomic E-state index is 0.847. The lowest BCUT2D eigenvalue weighted by Gasteiger charge is -1.97. The van der Waals surface area contributed by atoms with Crippen LogP contribution in [0.2, 0.25) is 0 Å². The molecular formula is C17H31N. The van der Waals surface area contributed by atoms with Crippen molar-refractivity contribution in [1.29, 1.82) is 0 Å². The summed E-state index contributed by atoms with van der Waals surface area (Å²) in [6.45, 7) is 3.01. The van der Waals surface area contributed by atoms with E-state index in [0.29, 0.717) is 0 Å². The van der Waals surface area contributed by atoms with Crippen LogP contribution in [0, 0.1) is 0 Å². The third-order valence-electron chi connectivity index (χ3n) is 2.85. The van der Waals surface area contributed by atoms with E-state index in [1.165, 1.54) is 38.5 Å². The molecule has 0 heterocycles.